The summed E-state index contributed by atoms with van der Waals surface area (Å²) in [6.07, 6.45) is 4.38. The zero-order valence-electron chi connectivity index (χ0n) is 16.5. The summed E-state index contributed by atoms with van der Waals surface area (Å²) < 4.78 is 24.8. The average Bonchev–Trinajstić information content (AvgIpc) is 2.65. The quantitative estimate of drug-likeness (QED) is 0.304. The van der Waals surface area contributed by atoms with Crippen LogP contribution in [0.4, 0.5) is 0 Å². The van der Waals surface area contributed by atoms with Gasteiger partial charge in [-0.1, -0.05) is 36.4 Å². The number of amidine groups is 1. The van der Waals surface area contributed by atoms with Crippen molar-refractivity contribution >= 4 is 34.4 Å². The van der Waals surface area contributed by atoms with Crippen LogP contribution in [0.1, 0.15) is 25.0 Å². The molecule has 2 aromatic rings. The fraction of sp³-hybridized carbons (Fsp3) is 0.250. The second-order valence-electron chi connectivity index (χ2n) is 6.50. The lowest BCUT2D eigenvalue weighted by Gasteiger charge is -2.25. The van der Waals surface area contributed by atoms with Gasteiger partial charge in [0.15, 0.2) is 0 Å². The highest BCUT2D eigenvalue weighted by Gasteiger charge is 2.18. The van der Waals surface area contributed by atoms with Crippen molar-refractivity contribution in [2.45, 2.75) is 26.9 Å². The Morgan fingerprint density at radius 2 is 1.72 bits per heavy atom. The number of nitrogens with one attached hydrogen (secondary N) is 1. The molecule has 0 radical (unpaired) electrons. The lowest BCUT2D eigenvalue weighted by atomic mass is 10.2. The molecule has 29 heavy (non-hydrogen) atoms. The van der Waals surface area contributed by atoms with Gasteiger partial charge in [-0.15, -0.1) is 12.6 Å². The number of hydrogen-bond donors (Lipinski definition) is 2. The van der Waals surface area contributed by atoms with E-state index in [9.17, 15) is 13.2 Å². The fourth-order valence-corrected chi connectivity index (χ4v) is 3.13. The van der Waals surface area contributed by atoms with Crippen LogP contribution in [0.2, 0.25) is 0 Å². The van der Waals surface area contributed by atoms with Crippen LogP contribution in [0.15, 0.2) is 70.5 Å². The molecule has 1 heterocycles. The van der Waals surface area contributed by atoms with Crippen molar-refractivity contribution < 1.29 is 13.2 Å². The van der Waals surface area contributed by atoms with Crippen LogP contribution >= 0.6 is 12.6 Å². The largest absolute Gasteiger partial charge is 0.352 e. The number of carbonyl (C=O) groups is 1. The third kappa shape index (κ3) is 7.71. The van der Waals surface area contributed by atoms with E-state index < -0.39 is 15.9 Å². The van der Waals surface area contributed by atoms with E-state index in [1.54, 1.807) is 26.2 Å². The molecule has 154 valence electrons. The van der Waals surface area contributed by atoms with Crippen molar-refractivity contribution in [3.05, 3.63) is 76.6 Å². The van der Waals surface area contributed by atoms with E-state index in [2.05, 4.69) is 22.6 Å². The molecule has 7 nitrogen and oxygen atoms in total. The molecule has 0 aliphatic carbocycles. The van der Waals surface area contributed by atoms with E-state index in [4.69, 9.17) is 0 Å². The highest BCUT2D eigenvalue weighted by atomic mass is 32.2. The molecule has 0 unspecified atom stereocenters. The number of benzene rings is 1. The maximum Gasteiger partial charge on any atom is 0.284 e. The Labute approximate surface area is 177 Å². The van der Waals surface area contributed by atoms with Crippen LogP contribution in [-0.4, -0.2) is 36.3 Å². The van der Waals surface area contributed by atoms with Gasteiger partial charge in [-0.05, 0) is 31.0 Å². The van der Waals surface area contributed by atoms with Crippen LogP contribution in [-0.2, 0) is 27.9 Å². The van der Waals surface area contributed by atoms with Crippen molar-refractivity contribution in [2.24, 2.45) is 4.99 Å². The maximum absolute atomic E-state index is 12.3. The first-order chi connectivity index (χ1) is 13.7. The summed E-state index contributed by atoms with van der Waals surface area (Å²) in [5, 5.41) is 0. The Morgan fingerprint density at radius 1 is 1.10 bits per heavy atom. The van der Waals surface area contributed by atoms with Gasteiger partial charge in [-0.2, -0.15) is 0 Å². The zero-order valence-corrected chi connectivity index (χ0v) is 18.2. The Bertz CT molecular complexity index is 959. The fourth-order valence-electron chi connectivity index (χ4n) is 2.55. The standard InChI is InChI=1S/C20H24N4O3S2/c1-15(28)19(20(25)23-29(3,26)27)22-16(2)24(13-17-8-5-4-6-9-17)14-18-10-7-11-21-12-18/h4-12,28H,13-14H2,1-3H3,(H,23,25)/b19-15-,22-16?. The molecule has 0 fully saturated rings. The van der Waals surface area contributed by atoms with E-state index in [0.29, 0.717) is 23.8 Å². The van der Waals surface area contributed by atoms with E-state index in [1.165, 1.54) is 0 Å². The number of allylic oxidation sites excluding steroid dienone is 1. The number of carbonyl (C=O) groups excluding carboxylic acids is 1. The summed E-state index contributed by atoms with van der Waals surface area (Å²) in [4.78, 5) is 23.2. The molecule has 0 spiro atoms. The first-order valence-electron chi connectivity index (χ1n) is 8.80. The van der Waals surface area contributed by atoms with Crippen LogP contribution < -0.4 is 4.72 Å². The van der Waals surface area contributed by atoms with Crippen molar-refractivity contribution in [1.29, 1.82) is 0 Å². The van der Waals surface area contributed by atoms with Crippen LogP contribution in [0.5, 0.6) is 0 Å². The van der Waals surface area contributed by atoms with Gasteiger partial charge < -0.3 is 4.90 Å². The zero-order chi connectivity index (χ0) is 21.4. The first-order valence-corrected chi connectivity index (χ1v) is 11.1. The van der Waals surface area contributed by atoms with Gasteiger partial charge in [0.25, 0.3) is 5.91 Å². The molecule has 9 heteroatoms. The lowest BCUT2D eigenvalue weighted by Crippen LogP contribution is -2.32. The minimum Gasteiger partial charge on any atom is -0.352 e. The number of sulfonamides is 1. The smallest absolute Gasteiger partial charge is 0.284 e. The molecule has 1 amide bonds. The molecular formula is C20H24N4O3S2. The summed E-state index contributed by atoms with van der Waals surface area (Å²) >= 11 is 4.21. The maximum atomic E-state index is 12.3. The van der Waals surface area contributed by atoms with Gasteiger partial charge in [0.2, 0.25) is 10.0 Å². The molecule has 1 aromatic heterocycles. The number of thiol groups is 1. The second-order valence-corrected chi connectivity index (χ2v) is 8.92. The summed E-state index contributed by atoms with van der Waals surface area (Å²) in [5.41, 5.74) is 1.99. The highest BCUT2D eigenvalue weighted by molar-refractivity contribution is 7.89. The molecule has 1 aromatic carbocycles. The Balaban J connectivity index is 2.36. The molecule has 0 atom stereocenters. The topological polar surface area (TPSA) is 91.7 Å². The van der Waals surface area contributed by atoms with Gasteiger partial charge in [0, 0.05) is 30.4 Å². The van der Waals surface area contributed by atoms with Gasteiger partial charge in [0.1, 0.15) is 11.5 Å². The summed E-state index contributed by atoms with van der Waals surface area (Å²) in [6.45, 7) is 4.42. The van der Waals surface area contributed by atoms with Crippen molar-refractivity contribution in [1.82, 2.24) is 14.6 Å². The Kier molecular flexibility index (Phi) is 7.98. The minimum atomic E-state index is -3.71. The second kappa shape index (κ2) is 10.2. The number of aromatic nitrogens is 1. The molecular weight excluding hydrogens is 408 g/mol. The number of nitrogens with zero attached hydrogens (tertiary/aromatic N) is 3. The van der Waals surface area contributed by atoms with E-state index in [-0.39, 0.29) is 5.70 Å². The Morgan fingerprint density at radius 3 is 2.28 bits per heavy atom. The van der Waals surface area contributed by atoms with Gasteiger partial charge in [0.05, 0.1) is 6.26 Å². The number of rotatable bonds is 7. The van der Waals surface area contributed by atoms with Gasteiger partial charge >= 0.3 is 0 Å². The molecule has 1 N–H and O–H groups in total. The summed E-state index contributed by atoms with van der Waals surface area (Å²) in [6, 6.07) is 13.7. The van der Waals surface area contributed by atoms with E-state index >= 15 is 0 Å². The first kappa shape index (κ1) is 22.6. The molecule has 0 saturated heterocycles. The number of hydrogen-bond acceptors (Lipinski definition) is 6. The Hall–Kier alpha value is -2.65. The monoisotopic (exact) mass is 432 g/mol. The minimum absolute atomic E-state index is 0.0551. The number of aliphatic imine (C=N–C) groups is 1. The van der Waals surface area contributed by atoms with E-state index in [1.807, 2.05) is 52.1 Å². The molecule has 0 bridgehead atoms. The van der Waals surface area contributed by atoms with Crippen molar-refractivity contribution in [3.63, 3.8) is 0 Å². The van der Waals surface area contributed by atoms with Crippen molar-refractivity contribution in [2.75, 3.05) is 6.26 Å². The highest BCUT2D eigenvalue weighted by Crippen LogP contribution is 2.15. The molecule has 0 aliphatic rings. The number of pyridine rings is 1. The van der Waals surface area contributed by atoms with Gasteiger partial charge in [-0.25, -0.2) is 18.1 Å². The normalized spacial score (nSPS) is 12.9. The predicted octanol–water partition coefficient (Wildman–Crippen LogP) is 2.74. The summed E-state index contributed by atoms with van der Waals surface area (Å²) in [7, 11) is -3.71. The third-order valence-corrected chi connectivity index (χ3v) is 4.65. The lowest BCUT2D eigenvalue weighted by molar-refractivity contribution is -0.115. The molecule has 0 saturated carbocycles. The average molecular weight is 433 g/mol. The summed E-state index contributed by atoms with van der Waals surface area (Å²) in [5.74, 6) is -0.273. The number of amides is 1. The SMILES string of the molecule is CC(=N/C(C(=O)NS(C)(=O)=O)=C(/C)S)N(Cc1ccccc1)Cc1cccnc1. The third-order valence-electron chi connectivity index (χ3n) is 3.88. The molecule has 0 aliphatic heterocycles. The van der Waals surface area contributed by atoms with Gasteiger partial charge in [-0.3, -0.25) is 9.78 Å². The predicted molar refractivity (Wildman–Crippen MR) is 118 cm³/mol. The van der Waals surface area contributed by atoms with Crippen LogP contribution in [0.25, 0.3) is 0 Å². The van der Waals surface area contributed by atoms with Crippen LogP contribution in [0.3, 0.4) is 0 Å². The van der Waals surface area contributed by atoms with Crippen molar-refractivity contribution in [3.8, 4) is 0 Å². The molecule has 2 rings (SSSR count). The van der Waals surface area contributed by atoms with E-state index in [0.717, 1.165) is 17.4 Å². The van der Waals surface area contributed by atoms with Crippen LogP contribution in [0, 0.1) is 0 Å².